The normalized spacial score (nSPS) is 18.8. The van der Waals surface area contributed by atoms with E-state index >= 15 is 0 Å². The molecule has 0 saturated carbocycles. The van der Waals surface area contributed by atoms with Crippen LogP contribution in [0.3, 0.4) is 0 Å². The molecule has 0 aliphatic carbocycles. The average molecular weight is 221 g/mol. The number of rotatable bonds is 4. The Kier molecular flexibility index (Phi) is 3.67. The Morgan fingerprint density at radius 1 is 1.50 bits per heavy atom. The maximum atomic E-state index is 5.71. The van der Waals surface area contributed by atoms with E-state index in [0.29, 0.717) is 6.04 Å². The molecule has 0 bridgehead atoms. The smallest absolute Gasteiger partial charge is 0.122 e. The third-order valence-electron chi connectivity index (χ3n) is 2.86. The fraction of sp³-hybridized carbons (Fsp3) is 0.538. The molecule has 2 rings (SSSR count). The topological polar surface area (TPSA) is 30.5 Å². The molecule has 16 heavy (non-hydrogen) atoms. The summed E-state index contributed by atoms with van der Waals surface area (Å²) in [4.78, 5) is 0. The standard InChI is InChI=1S/C13H19NO2/c1-3-6-14-11-7-10-8-12(15-2)4-5-13(10)16-9-11/h4-5,8,11,14H,3,6-7,9H2,1-2H3/t11-/m0/s1. The van der Waals surface area contributed by atoms with Crippen LogP contribution >= 0.6 is 0 Å². The molecule has 3 nitrogen and oxygen atoms in total. The molecule has 1 heterocycles. The molecule has 0 unspecified atom stereocenters. The Morgan fingerprint density at radius 3 is 3.12 bits per heavy atom. The van der Waals surface area contributed by atoms with E-state index in [-0.39, 0.29) is 0 Å². The fourth-order valence-electron chi connectivity index (χ4n) is 1.98. The second-order valence-corrected chi connectivity index (χ2v) is 4.14. The highest BCUT2D eigenvalue weighted by Gasteiger charge is 2.19. The quantitative estimate of drug-likeness (QED) is 0.843. The van der Waals surface area contributed by atoms with E-state index < -0.39 is 0 Å². The summed E-state index contributed by atoms with van der Waals surface area (Å²) in [5.41, 5.74) is 1.24. The maximum absolute atomic E-state index is 5.71. The van der Waals surface area contributed by atoms with Gasteiger partial charge in [-0.05, 0) is 43.1 Å². The first kappa shape index (κ1) is 11.3. The Bertz CT molecular complexity index is 352. The van der Waals surface area contributed by atoms with Gasteiger partial charge in [-0.25, -0.2) is 0 Å². The Hall–Kier alpha value is -1.22. The van der Waals surface area contributed by atoms with Crippen molar-refractivity contribution in [1.82, 2.24) is 5.32 Å². The lowest BCUT2D eigenvalue weighted by molar-refractivity contribution is 0.238. The third-order valence-corrected chi connectivity index (χ3v) is 2.86. The van der Waals surface area contributed by atoms with Crippen LogP contribution in [0.15, 0.2) is 18.2 Å². The van der Waals surface area contributed by atoms with Crippen molar-refractivity contribution in [2.45, 2.75) is 25.8 Å². The minimum atomic E-state index is 0.430. The summed E-state index contributed by atoms with van der Waals surface area (Å²) < 4.78 is 10.9. The lowest BCUT2D eigenvalue weighted by atomic mass is 10.0. The van der Waals surface area contributed by atoms with E-state index in [1.165, 1.54) is 5.56 Å². The summed E-state index contributed by atoms with van der Waals surface area (Å²) in [6.07, 6.45) is 2.17. The number of fused-ring (bicyclic) bond motifs is 1. The zero-order chi connectivity index (χ0) is 11.4. The van der Waals surface area contributed by atoms with Gasteiger partial charge in [0.1, 0.15) is 18.1 Å². The van der Waals surface area contributed by atoms with Gasteiger partial charge in [-0.1, -0.05) is 6.92 Å². The highest BCUT2D eigenvalue weighted by Crippen LogP contribution is 2.28. The van der Waals surface area contributed by atoms with Crippen LogP contribution in [0.4, 0.5) is 0 Å². The van der Waals surface area contributed by atoms with Crippen LogP contribution in [0.25, 0.3) is 0 Å². The fourth-order valence-corrected chi connectivity index (χ4v) is 1.98. The monoisotopic (exact) mass is 221 g/mol. The predicted molar refractivity (Wildman–Crippen MR) is 64.3 cm³/mol. The summed E-state index contributed by atoms with van der Waals surface area (Å²) in [5, 5.41) is 3.48. The molecule has 88 valence electrons. The minimum Gasteiger partial charge on any atom is -0.497 e. The van der Waals surface area contributed by atoms with Crippen molar-refractivity contribution in [3.63, 3.8) is 0 Å². The van der Waals surface area contributed by atoms with Crippen LogP contribution in [0.5, 0.6) is 11.5 Å². The molecule has 0 aromatic heterocycles. The van der Waals surface area contributed by atoms with Crippen molar-refractivity contribution in [2.75, 3.05) is 20.3 Å². The zero-order valence-electron chi connectivity index (χ0n) is 9.95. The average Bonchev–Trinajstić information content (AvgIpc) is 2.35. The van der Waals surface area contributed by atoms with Gasteiger partial charge in [0.25, 0.3) is 0 Å². The van der Waals surface area contributed by atoms with Crippen LogP contribution in [-0.4, -0.2) is 26.3 Å². The summed E-state index contributed by atoms with van der Waals surface area (Å²) in [6.45, 7) is 3.99. The van der Waals surface area contributed by atoms with Gasteiger partial charge in [-0.2, -0.15) is 0 Å². The van der Waals surface area contributed by atoms with Crippen molar-refractivity contribution in [3.8, 4) is 11.5 Å². The molecule has 1 aliphatic rings. The van der Waals surface area contributed by atoms with Gasteiger partial charge in [0, 0.05) is 6.04 Å². The largest absolute Gasteiger partial charge is 0.497 e. The van der Waals surface area contributed by atoms with E-state index in [0.717, 1.165) is 37.5 Å². The van der Waals surface area contributed by atoms with Gasteiger partial charge < -0.3 is 14.8 Å². The number of hydrogen-bond acceptors (Lipinski definition) is 3. The molecule has 3 heteroatoms. The lowest BCUT2D eigenvalue weighted by Crippen LogP contribution is -2.39. The van der Waals surface area contributed by atoms with Crippen molar-refractivity contribution < 1.29 is 9.47 Å². The molecule has 0 spiro atoms. The lowest BCUT2D eigenvalue weighted by Gasteiger charge is -2.26. The second kappa shape index (κ2) is 5.21. The van der Waals surface area contributed by atoms with E-state index in [1.807, 2.05) is 12.1 Å². The first-order valence-electron chi connectivity index (χ1n) is 5.86. The van der Waals surface area contributed by atoms with E-state index in [2.05, 4.69) is 18.3 Å². The van der Waals surface area contributed by atoms with Gasteiger partial charge >= 0.3 is 0 Å². The minimum absolute atomic E-state index is 0.430. The molecule has 0 fully saturated rings. The van der Waals surface area contributed by atoms with Gasteiger partial charge in [-0.3, -0.25) is 0 Å². The number of ether oxygens (including phenoxy) is 2. The van der Waals surface area contributed by atoms with Crippen LogP contribution in [0.2, 0.25) is 0 Å². The first-order valence-corrected chi connectivity index (χ1v) is 5.86. The first-order chi connectivity index (χ1) is 7.83. The van der Waals surface area contributed by atoms with Gasteiger partial charge in [0.2, 0.25) is 0 Å². The number of methoxy groups -OCH3 is 1. The highest BCUT2D eigenvalue weighted by atomic mass is 16.5. The van der Waals surface area contributed by atoms with Crippen LogP contribution in [-0.2, 0) is 6.42 Å². The predicted octanol–water partition coefficient (Wildman–Crippen LogP) is 2.00. The molecule has 0 radical (unpaired) electrons. The molecule has 1 aromatic rings. The summed E-state index contributed by atoms with van der Waals surface area (Å²) >= 11 is 0. The van der Waals surface area contributed by atoms with Crippen molar-refractivity contribution in [2.24, 2.45) is 0 Å². The third kappa shape index (κ3) is 2.47. The van der Waals surface area contributed by atoms with Crippen LogP contribution < -0.4 is 14.8 Å². The molecule has 1 aromatic carbocycles. The Labute approximate surface area is 96.8 Å². The van der Waals surface area contributed by atoms with Gasteiger partial charge in [0.15, 0.2) is 0 Å². The molecule has 0 saturated heterocycles. The molecule has 0 amide bonds. The SMILES string of the molecule is CCCN[C@@H]1COc2ccc(OC)cc2C1. The Balaban J connectivity index is 2.06. The number of benzene rings is 1. The summed E-state index contributed by atoms with van der Waals surface area (Å²) in [6, 6.07) is 6.43. The van der Waals surface area contributed by atoms with Gasteiger partial charge in [-0.15, -0.1) is 0 Å². The zero-order valence-corrected chi connectivity index (χ0v) is 9.95. The van der Waals surface area contributed by atoms with Crippen LogP contribution in [0.1, 0.15) is 18.9 Å². The second-order valence-electron chi connectivity index (χ2n) is 4.14. The number of nitrogens with one attached hydrogen (secondary N) is 1. The van der Waals surface area contributed by atoms with E-state index in [1.54, 1.807) is 7.11 Å². The highest BCUT2D eigenvalue weighted by molar-refractivity contribution is 5.42. The molecular weight excluding hydrogens is 202 g/mol. The molecular formula is C13H19NO2. The molecule has 1 N–H and O–H groups in total. The van der Waals surface area contributed by atoms with Crippen molar-refractivity contribution in [3.05, 3.63) is 23.8 Å². The maximum Gasteiger partial charge on any atom is 0.122 e. The van der Waals surface area contributed by atoms with Gasteiger partial charge in [0.05, 0.1) is 7.11 Å². The number of hydrogen-bond donors (Lipinski definition) is 1. The van der Waals surface area contributed by atoms with E-state index in [4.69, 9.17) is 9.47 Å². The summed E-state index contributed by atoms with van der Waals surface area (Å²) in [7, 11) is 1.69. The van der Waals surface area contributed by atoms with Crippen molar-refractivity contribution in [1.29, 1.82) is 0 Å². The van der Waals surface area contributed by atoms with E-state index in [9.17, 15) is 0 Å². The summed E-state index contributed by atoms with van der Waals surface area (Å²) in [5.74, 6) is 1.90. The molecule has 1 atom stereocenters. The molecule has 1 aliphatic heterocycles. The Morgan fingerprint density at radius 2 is 2.38 bits per heavy atom. The van der Waals surface area contributed by atoms with Crippen molar-refractivity contribution >= 4 is 0 Å². The van der Waals surface area contributed by atoms with Crippen LogP contribution in [0, 0.1) is 0 Å².